The van der Waals surface area contributed by atoms with Gasteiger partial charge in [-0.3, -0.25) is 9.78 Å². The minimum Gasteiger partial charge on any atom is -0.337 e. The maximum Gasteiger partial charge on any atom is 0.255 e. The Morgan fingerprint density at radius 2 is 2.38 bits per heavy atom. The summed E-state index contributed by atoms with van der Waals surface area (Å²) < 4.78 is 0. The summed E-state index contributed by atoms with van der Waals surface area (Å²) in [5.74, 6) is 0.0975. The predicted molar refractivity (Wildman–Crippen MR) is 66.8 cm³/mol. The third kappa shape index (κ3) is 2.61. The Bertz CT molecular complexity index is 394. The van der Waals surface area contributed by atoms with Gasteiger partial charge < -0.3 is 4.90 Å². The van der Waals surface area contributed by atoms with Crippen molar-refractivity contribution < 1.29 is 4.79 Å². The number of halogens is 1. The van der Waals surface area contributed by atoms with Gasteiger partial charge in [-0.15, -0.1) is 0 Å². The SMILES string of the molecule is Cc1cncc(C(=O)N2CCCC(Br)C2)c1. The Balaban J connectivity index is 2.12. The van der Waals surface area contributed by atoms with Crippen molar-refractivity contribution in [3.05, 3.63) is 29.6 Å². The summed E-state index contributed by atoms with van der Waals surface area (Å²) in [6.07, 6.45) is 5.63. The lowest BCUT2D eigenvalue weighted by Crippen LogP contribution is -2.40. The lowest BCUT2D eigenvalue weighted by Gasteiger charge is -2.30. The number of alkyl halides is 1. The second kappa shape index (κ2) is 4.95. The van der Waals surface area contributed by atoms with Gasteiger partial charge >= 0.3 is 0 Å². The number of hydrogen-bond donors (Lipinski definition) is 0. The van der Waals surface area contributed by atoms with Gasteiger partial charge in [0.05, 0.1) is 5.56 Å². The molecular weight excluding hydrogens is 268 g/mol. The molecule has 2 heterocycles. The highest BCUT2D eigenvalue weighted by molar-refractivity contribution is 9.09. The number of aryl methyl sites for hydroxylation is 1. The van der Waals surface area contributed by atoms with Gasteiger partial charge in [-0.1, -0.05) is 15.9 Å². The van der Waals surface area contributed by atoms with E-state index in [0.29, 0.717) is 10.4 Å². The number of aromatic nitrogens is 1. The van der Waals surface area contributed by atoms with Crippen molar-refractivity contribution in [1.82, 2.24) is 9.88 Å². The molecule has 1 fully saturated rings. The second-order valence-electron chi connectivity index (χ2n) is 4.24. The van der Waals surface area contributed by atoms with Crippen LogP contribution in [0.3, 0.4) is 0 Å². The molecule has 0 spiro atoms. The molecule has 86 valence electrons. The number of nitrogens with zero attached hydrogens (tertiary/aromatic N) is 2. The van der Waals surface area contributed by atoms with Gasteiger partial charge in [-0.25, -0.2) is 0 Å². The molecule has 4 heteroatoms. The van der Waals surface area contributed by atoms with Gasteiger partial charge in [0.25, 0.3) is 5.91 Å². The third-order valence-corrected chi connectivity index (χ3v) is 3.52. The summed E-state index contributed by atoms with van der Waals surface area (Å²) in [5.41, 5.74) is 1.72. The molecule has 0 aromatic carbocycles. The van der Waals surface area contributed by atoms with Gasteiger partial charge in [0.2, 0.25) is 0 Å². The van der Waals surface area contributed by atoms with E-state index in [1.54, 1.807) is 12.4 Å². The Morgan fingerprint density at radius 3 is 3.06 bits per heavy atom. The highest BCUT2D eigenvalue weighted by atomic mass is 79.9. The highest BCUT2D eigenvalue weighted by Crippen LogP contribution is 2.18. The number of pyridine rings is 1. The number of likely N-dealkylation sites (tertiary alicyclic amines) is 1. The first-order chi connectivity index (χ1) is 7.66. The van der Waals surface area contributed by atoms with E-state index in [0.717, 1.165) is 31.5 Å². The quantitative estimate of drug-likeness (QED) is 0.741. The third-order valence-electron chi connectivity index (χ3n) is 2.77. The van der Waals surface area contributed by atoms with Crippen LogP contribution in [0.5, 0.6) is 0 Å². The largest absolute Gasteiger partial charge is 0.337 e. The zero-order chi connectivity index (χ0) is 11.5. The Kier molecular flexibility index (Phi) is 3.59. The van der Waals surface area contributed by atoms with E-state index in [9.17, 15) is 4.79 Å². The molecule has 2 rings (SSSR count). The molecule has 1 unspecified atom stereocenters. The smallest absolute Gasteiger partial charge is 0.255 e. The second-order valence-corrected chi connectivity index (χ2v) is 5.54. The molecule has 1 aliphatic rings. The molecule has 0 saturated carbocycles. The molecule has 1 aliphatic heterocycles. The standard InChI is InChI=1S/C12H15BrN2O/c1-9-5-10(7-14-6-9)12(16)15-4-2-3-11(13)8-15/h5-7,11H,2-4,8H2,1H3. The van der Waals surface area contributed by atoms with Gasteiger partial charge in [-0.2, -0.15) is 0 Å². The number of hydrogen-bond acceptors (Lipinski definition) is 2. The maximum atomic E-state index is 12.2. The first kappa shape index (κ1) is 11.6. The van der Waals surface area contributed by atoms with Crippen LogP contribution < -0.4 is 0 Å². The maximum absolute atomic E-state index is 12.2. The monoisotopic (exact) mass is 282 g/mol. The lowest BCUT2D eigenvalue weighted by molar-refractivity contribution is 0.0729. The molecule has 0 bridgehead atoms. The molecule has 0 N–H and O–H groups in total. The van der Waals surface area contributed by atoms with Gasteiger partial charge in [0, 0.05) is 30.3 Å². The van der Waals surface area contributed by atoms with E-state index < -0.39 is 0 Å². The summed E-state index contributed by atoms with van der Waals surface area (Å²) >= 11 is 3.57. The number of piperidine rings is 1. The highest BCUT2D eigenvalue weighted by Gasteiger charge is 2.22. The normalized spacial score (nSPS) is 20.9. The van der Waals surface area contributed by atoms with Crippen LogP contribution in [0.15, 0.2) is 18.5 Å². The topological polar surface area (TPSA) is 33.2 Å². The Morgan fingerprint density at radius 1 is 1.56 bits per heavy atom. The minimum absolute atomic E-state index is 0.0975. The number of carbonyl (C=O) groups excluding carboxylic acids is 1. The first-order valence-electron chi connectivity index (χ1n) is 5.52. The molecule has 1 aromatic rings. The van der Waals surface area contributed by atoms with Crippen molar-refractivity contribution in [1.29, 1.82) is 0 Å². The average Bonchev–Trinajstić information content (AvgIpc) is 2.28. The van der Waals surface area contributed by atoms with E-state index >= 15 is 0 Å². The van der Waals surface area contributed by atoms with E-state index in [-0.39, 0.29) is 5.91 Å². The van der Waals surface area contributed by atoms with Crippen LogP contribution in [-0.4, -0.2) is 33.7 Å². The van der Waals surface area contributed by atoms with E-state index in [1.165, 1.54) is 0 Å². The van der Waals surface area contributed by atoms with Crippen molar-refractivity contribution in [2.45, 2.75) is 24.6 Å². The summed E-state index contributed by atoms with van der Waals surface area (Å²) in [4.78, 5) is 18.6. The average molecular weight is 283 g/mol. The summed E-state index contributed by atoms with van der Waals surface area (Å²) in [6, 6.07) is 1.90. The molecule has 1 atom stereocenters. The number of amides is 1. The molecule has 1 aromatic heterocycles. The summed E-state index contributed by atoms with van der Waals surface area (Å²) in [7, 11) is 0. The van der Waals surface area contributed by atoms with Gasteiger partial charge in [-0.05, 0) is 31.4 Å². The fourth-order valence-corrected chi connectivity index (χ4v) is 2.64. The molecule has 16 heavy (non-hydrogen) atoms. The zero-order valence-corrected chi connectivity index (χ0v) is 10.9. The molecule has 3 nitrogen and oxygen atoms in total. The van der Waals surface area contributed by atoms with Crippen molar-refractivity contribution in [2.24, 2.45) is 0 Å². The van der Waals surface area contributed by atoms with Crippen LogP contribution in [0.2, 0.25) is 0 Å². The van der Waals surface area contributed by atoms with E-state index in [1.807, 2.05) is 17.9 Å². The fraction of sp³-hybridized carbons (Fsp3) is 0.500. The molecule has 1 saturated heterocycles. The molecular formula is C12H15BrN2O. The molecule has 0 radical (unpaired) electrons. The van der Waals surface area contributed by atoms with E-state index in [2.05, 4.69) is 20.9 Å². The van der Waals surface area contributed by atoms with Crippen LogP contribution >= 0.6 is 15.9 Å². The Labute approximate surface area is 104 Å². The van der Waals surface area contributed by atoms with Crippen molar-refractivity contribution in [3.8, 4) is 0 Å². The Hall–Kier alpha value is -0.900. The lowest BCUT2D eigenvalue weighted by atomic mass is 10.1. The van der Waals surface area contributed by atoms with Gasteiger partial charge in [0.1, 0.15) is 0 Å². The van der Waals surface area contributed by atoms with Crippen LogP contribution in [0.1, 0.15) is 28.8 Å². The molecule has 1 amide bonds. The van der Waals surface area contributed by atoms with Crippen molar-refractivity contribution in [2.75, 3.05) is 13.1 Å². The predicted octanol–water partition coefficient (Wildman–Crippen LogP) is 2.39. The number of rotatable bonds is 1. The summed E-state index contributed by atoms with van der Waals surface area (Å²) in [6.45, 7) is 3.61. The van der Waals surface area contributed by atoms with Crippen LogP contribution in [0.25, 0.3) is 0 Å². The number of carbonyl (C=O) groups is 1. The van der Waals surface area contributed by atoms with Gasteiger partial charge in [0.15, 0.2) is 0 Å². The zero-order valence-electron chi connectivity index (χ0n) is 9.32. The first-order valence-corrected chi connectivity index (χ1v) is 6.43. The minimum atomic E-state index is 0.0975. The van der Waals surface area contributed by atoms with E-state index in [4.69, 9.17) is 0 Å². The fourth-order valence-electron chi connectivity index (χ4n) is 1.96. The van der Waals surface area contributed by atoms with Crippen LogP contribution in [0.4, 0.5) is 0 Å². The molecule has 0 aliphatic carbocycles. The van der Waals surface area contributed by atoms with Crippen molar-refractivity contribution >= 4 is 21.8 Å². The van der Waals surface area contributed by atoms with Crippen LogP contribution in [-0.2, 0) is 0 Å². The van der Waals surface area contributed by atoms with Crippen molar-refractivity contribution in [3.63, 3.8) is 0 Å². The van der Waals surface area contributed by atoms with Crippen LogP contribution in [0, 0.1) is 6.92 Å². The summed E-state index contributed by atoms with van der Waals surface area (Å²) in [5, 5.41) is 0.